The second-order valence-corrected chi connectivity index (χ2v) is 12.8. The number of rotatable bonds is 21. The number of benzene rings is 3. The third kappa shape index (κ3) is 16.3. The van der Waals surface area contributed by atoms with E-state index in [1.807, 2.05) is 0 Å². The average molecular weight is 609 g/mol. The van der Waals surface area contributed by atoms with Crippen molar-refractivity contribution in [2.45, 2.75) is 118 Å². The predicted octanol–water partition coefficient (Wildman–Crippen LogP) is 9.93. The topological polar surface area (TPSA) is 78.8 Å². The zero-order chi connectivity index (χ0) is 31.0. The summed E-state index contributed by atoms with van der Waals surface area (Å²) in [5.74, 6) is 1.94. The van der Waals surface area contributed by atoms with Crippen LogP contribution in [0.25, 0.3) is 0 Å². The third-order valence-corrected chi connectivity index (χ3v) is 9.36. The maximum absolute atomic E-state index is 8.44. The van der Waals surface area contributed by atoms with Gasteiger partial charge in [0.05, 0.1) is 24.1 Å². The molecule has 0 unspecified atom stereocenters. The lowest BCUT2D eigenvalue weighted by Gasteiger charge is -2.11. The van der Waals surface area contributed by atoms with Crippen LogP contribution in [-0.4, -0.2) is 24.5 Å². The molecule has 0 aromatic heterocycles. The summed E-state index contributed by atoms with van der Waals surface area (Å²) in [6.45, 7) is 6.15. The Morgan fingerprint density at radius 1 is 0.558 bits per heavy atom. The minimum absolute atomic E-state index is 0.168. The van der Waals surface area contributed by atoms with Crippen LogP contribution in [-0.2, 0) is 10.9 Å². The number of hydrogen-bond acceptors (Lipinski definition) is 4. The fourth-order valence-electron chi connectivity index (χ4n) is 4.81. The van der Waals surface area contributed by atoms with Crippen LogP contribution in [0.2, 0.25) is 0 Å². The molecule has 0 bridgehead atoms. The molecule has 0 atom stereocenters. The maximum atomic E-state index is 8.44. The van der Waals surface area contributed by atoms with Crippen LogP contribution >= 0.6 is 0 Å². The van der Waals surface area contributed by atoms with E-state index in [1.54, 1.807) is 0 Å². The first kappa shape index (κ1) is 36.1. The predicted molar refractivity (Wildman–Crippen MR) is 176 cm³/mol. The molecule has 3 aromatic rings. The van der Waals surface area contributed by atoms with Crippen molar-refractivity contribution in [3.63, 3.8) is 0 Å². The van der Waals surface area contributed by atoms with Crippen LogP contribution < -0.4 is 14.6 Å². The van der Waals surface area contributed by atoms with Crippen molar-refractivity contribution in [2.24, 2.45) is 0 Å². The molecule has 0 aliphatic carbocycles. The summed E-state index contributed by atoms with van der Waals surface area (Å²) in [4.78, 5) is 12.4. The molecule has 0 fully saturated rings. The molecule has 0 saturated carbocycles. The van der Waals surface area contributed by atoms with Gasteiger partial charge in [-0.2, -0.15) is 0 Å². The zero-order valence-electron chi connectivity index (χ0n) is 26.3. The van der Waals surface area contributed by atoms with Crippen LogP contribution in [0.15, 0.2) is 93.5 Å². The van der Waals surface area contributed by atoms with Crippen molar-refractivity contribution in [1.82, 2.24) is 0 Å². The maximum Gasteiger partial charge on any atom is 0.249 e. The van der Waals surface area contributed by atoms with Crippen molar-refractivity contribution < 1.29 is 24.5 Å². The van der Waals surface area contributed by atoms with E-state index in [9.17, 15) is 0 Å². The minimum atomic E-state index is -2.08. The third-order valence-electron chi connectivity index (χ3n) is 7.13. The van der Waals surface area contributed by atoms with Crippen LogP contribution in [0.5, 0.6) is 11.5 Å². The summed E-state index contributed by atoms with van der Waals surface area (Å²) in [7, 11) is -0.168. The molecule has 3 aromatic carbocycles. The summed E-state index contributed by atoms with van der Waals surface area (Å²) in [5.41, 5.74) is 0. The Morgan fingerprint density at radius 3 is 1.26 bits per heavy atom. The number of carboxylic acid groups (broad SMARTS) is 2. The number of ether oxygens (including phenoxy) is 2. The van der Waals surface area contributed by atoms with Gasteiger partial charge in [-0.1, -0.05) is 109 Å². The highest BCUT2D eigenvalue weighted by Gasteiger charge is 2.28. The van der Waals surface area contributed by atoms with Crippen molar-refractivity contribution in [1.29, 1.82) is 0 Å². The first-order chi connectivity index (χ1) is 21.0. The zero-order valence-corrected chi connectivity index (χ0v) is 27.1. The molecule has 0 spiro atoms. The molecular formula is C37H52O5S. The van der Waals surface area contributed by atoms with Gasteiger partial charge in [0.25, 0.3) is 0 Å². The molecule has 6 heteroatoms. The standard InChI is InChI=1S/C36H51O2S.CH2O3/c1-3-5-7-9-11-13-18-30-37-32-22-26-35(27-23-32)39(34-20-16-15-17-21-34)36-28-24-33(25-29-36)38-31-19-14-12-10-8-6-4-2;2-1(3)4/h15-17,20-29H,3-14,18-19,30-31H2,1-2H3;(H2,2,3,4)/q+1;/p-1. The molecule has 3 rings (SSSR count). The Morgan fingerprint density at radius 2 is 0.884 bits per heavy atom. The van der Waals surface area contributed by atoms with Gasteiger partial charge in [0, 0.05) is 0 Å². The van der Waals surface area contributed by atoms with Crippen molar-refractivity contribution in [2.75, 3.05) is 13.2 Å². The molecule has 0 heterocycles. The Bertz CT molecular complexity index is 1020. The van der Waals surface area contributed by atoms with E-state index in [0.717, 1.165) is 37.6 Å². The molecule has 236 valence electrons. The first-order valence-electron chi connectivity index (χ1n) is 16.2. The van der Waals surface area contributed by atoms with E-state index < -0.39 is 6.16 Å². The molecule has 0 amide bonds. The lowest BCUT2D eigenvalue weighted by molar-refractivity contribution is -0.275. The average Bonchev–Trinajstić information content (AvgIpc) is 3.02. The summed E-state index contributed by atoms with van der Waals surface area (Å²) >= 11 is 0. The normalized spacial score (nSPS) is 10.7. The molecule has 1 N–H and O–H groups in total. The monoisotopic (exact) mass is 608 g/mol. The second-order valence-electron chi connectivity index (χ2n) is 10.8. The Labute approximate surface area is 263 Å². The smallest absolute Gasteiger partial charge is 0.249 e. The number of hydrogen-bond donors (Lipinski definition) is 1. The van der Waals surface area contributed by atoms with E-state index in [0.29, 0.717) is 0 Å². The van der Waals surface area contributed by atoms with Gasteiger partial charge < -0.3 is 24.5 Å². The molecule has 0 radical (unpaired) electrons. The highest BCUT2D eigenvalue weighted by molar-refractivity contribution is 7.97. The van der Waals surface area contributed by atoms with Crippen molar-refractivity contribution in [3.05, 3.63) is 78.9 Å². The van der Waals surface area contributed by atoms with E-state index >= 15 is 0 Å². The van der Waals surface area contributed by atoms with Crippen molar-refractivity contribution >= 4 is 17.1 Å². The lowest BCUT2D eigenvalue weighted by Crippen LogP contribution is -2.17. The van der Waals surface area contributed by atoms with E-state index in [4.69, 9.17) is 24.5 Å². The Kier molecular flexibility index (Phi) is 19.6. The molecule has 0 saturated heterocycles. The van der Waals surface area contributed by atoms with Gasteiger partial charge in [0.15, 0.2) is 14.7 Å². The second kappa shape index (κ2) is 23.3. The number of unbranched alkanes of at least 4 members (excludes halogenated alkanes) is 12. The Balaban J connectivity index is 0.00000151. The fraction of sp³-hybridized carbons (Fsp3) is 0.486. The highest BCUT2D eigenvalue weighted by atomic mass is 32.2. The van der Waals surface area contributed by atoms with Gasteiger partial charge in [0.1, 0.15) is 11.5 Å². The highest BCUT2D eigenvalue weighted by Crippen LogP contribution is 2.33. The quantitative estimate of drug-likeness (QED) is 0.0962. The fourth-order valence-corrected chi connectivity index (χ4v) is 6.87. The molecule has 5 nitrogen and oxygen atoms in total. The van der Waals surface area contributed by atoms with Crippen LogP contribution in [0.4, 0.5) is 4.79 Å². The molecular weight excluding hydrogens is 556 g/mol. The summed E-state index contributed by atoms with van der Waals surface area (Å²) in [5, 5.41) is 15.3. The first-order valence-corrected chi connectivity index (χ1v) is 17.4. The van der Waals surface area contributed by atoms with Gasteiger partial charge in [-0.25, -0.2) is 0 Å². The van der Waals surface area contributed by atoms with Crippen LogP contribution in [0.3, 0.4) is 0 Å². The van der Waals surface area contributed by atoms with E-state index in [2.05, 4.69) is 92.7 Å². The van der Waals surface area contributed by atoms with Crippen LogP contribution in [0.1, 0.15) is 104 Å². The van der Waals surface area contributed by atoms with E-state index in [1.165, 1.54) is 91.7 Å². The largest absolute Gasteiger partial charge is 0.565 e. The number of carbonyl (C=O) groups is 1. The Hall–Kier alpha value is -3.12. The summed E-state index contributed by atoms with van der Waals surface area (Å²) in [6.07, 6.45) is 16.2. The minimum Gasteiger partial charge on any atom is -0.565 e. The lowest BCUT2D eigenvalue weighted by atomic mass is 10.1. The summed E-state index contributed by atoms with van der Waals surface area (Å²) < 4.78 is 12.1. The van der Waals surface area contributed by atoms with Gasteiger partial charge in [-0.05, 0) is 73.5 Å². The SMILES string of the molecule is CCCCCCCCCOc1ccc([S+](c2ccccc2)c2ccc(OCCCCCCCCC)cc2)cc1.O=C([O-])O. The van der Waals surface area contributed by atoms with E-state index in [-0.39, 0.29) is 10.9 Å². The van der Waals surface area contributed by atoms with Crippen LogP contribution in [0, 0.1) is 0 Å². The van der Waals surface area contributed by atoms with Gasteiger partial charge in [-0.3, -0.25) is 0 Å². The summed E-state index contributed by atoms with van der Waals surface area (Å²) in [6, 6.07) is 28.3. The van der Waals surface area contributed by atoms with Gasteiger partial charge in [0.2, 0.25) is 6.16 Å². The molecule has 43 heavy (non-hydrogen) atoms. The molecule has 0 aliphatic heterocycles. The van der Waals surface area contributed by atoms with Gasteiger partial charge >= 0.3 is 0 Å². The van der Waals surface area contributed by atoms with Gasteiger partial charge in [-0.15, -0.1) is 0 Å². The van der Waals surface area contributed by atoms with Crippen molar-refractivity contribution in [3.8, 4) is 11.5 Å². The molecule has 0 aliphatic rings.